The van der Waals surface area contributed by atoms with Gasteiger partial charge in [0, 0.05) is 32.4 Å². The highest BCUT2D eigenvalue weighted by molar-refractivity contribution is 6.01. The Kier molecular flexibility index (Phi) is 12.2. The zero-order valence-electron chi connectivity index (χ0n) is 32.4. The van der Waals surface area contributed by atoms with Crippen LogP contribution in [0.5, 0.6) is 11.5 Å². The SMILES string of the molecule is CC.CC(C)(C)OC(N)=O.CCC1CCCN1C.CNc1c(F)cc2c(=O)c(C(=O)N3CCCC3)cn3c2c1Oc1cc2c(cc1-3)-c1ccccc1C2. The third-order valence-corrected chi connectivity index (χ3v) is 9.96. The maximum atomic E-state index is 15.1. The Morgan fingerprint density at radius 3 is 2.28 bits per heavy atom. The predicted molar refractivity (Wildman–Crippen MR) is 210 cm³/mol. The molecule has 10 nitrogen and oxygen atoms in total. The Labute approximate surface area is 312 Å². The summed E-state index contributed by atoms with van der Waals surface area (Å²) in [4.78, 5) is 41.0. The Hall–Kier alpha value is -4.90. The maximum Gasteiger partial charge on any atom is 0.405 e. The van der Waals surface area contributed by atoms with Gasteiger partial charge < -0.3 is 34.9 Å². The predicted octanol–water partition coefficient (Wildman–Crippen LogP) is 8.48. The first-order valence-corrected chi connectivity index (χ1v) is 18.8. The average molecular weight is 728 g/mol. The van der Waals surface area contributed by atoms with Crippen molar-refractivity contribution in [3.8, 4) is 28.3 Å². The summed E-state index contributed by atoms with van der Waals surface area (Å²) in [6, 6.07) is 14.4. The minimum atomic E-state index is -0.725. The van der Waals surface area contributed by atoms with Gasteiger partial charge in [0.05, 0.1) is 11.1 Å². The van der Waals surface area contributed by atoms with E-state index in [9.17, 15) is 14.4 Å². The van der Waals surface area contributed by atoms with E-state index >= 15 is 4.39 Å². The Morgan fingerprint density at radius 2 is 1.72 bits per heavy atom. The first-order valence-electron chi connectivity index (χ1n) is 18.8. The molecule has 1 aromatic heterocycles. The standard InChI is InChI=1S/C28H22FN3O3.C7H15N.C5H11NO2.C2H6/c1-30-24-21(29)12-19-25-27(24)35-23-11-16-10-15-6-2-3-7-17(15)18(16)13-22(23)32(25)14-20(26(19)33)28(34)31-8-4-5-9-31;1-3-7-5-4-6-8(7)2;1-5(2,3)8-4(6)7;1-2/h2-3,6-7,11-14,30H,4-5,8-10H2,1H3;7H,3-6H2,1-2H3;1-3H3,(H2,6,7);1-2H3. The van der Waals surface area contributed by atoms with Crippen LogP contribution in [0.15, 0.2) is 53.5 Å². The number of benzene rings is 3. The van der Waals surface area contributed by atoms with Crippen LogP contribution in [-0.4, -0.2) is 71.7 Å². The number of carbonyl (C=O) groups excluding carboxylic acids is 2. The van der Waals surface area contributed by atoms with Crippen molar-refractivity contribution >= 4 is 28.6 Å². The van der Waals surface area contributed by atoms with Crippen LogP contribution in [0.3, 0.4) is 0 Å². The first-order chi connectivity index (χ1) is 25.3. The normalized spacial score (nSPS) is 16.4. The lowest BCUT2D eigenvalue weighted by atomic mass is 10.0. The molecule has 0 bridgehead atoms. The molecule has 2 fully saturated rings. The number of ether oxygens (including phenoxy) is 2. The second-order valence-corrected chi connectivity index (χ2v) is 14.6. The fourth-order valence-electron chi connectivity index (χ4n) is 7.52. The highest BCUT2D eigenvalue weighted by Crippen LogP contribution is 2.48. The van der Waals surface area contributed by atoms with Crippen molar-refractivity contribution < 1.29 is 23.5 Å². The van der Waals surface area contributed by atoms with Gasteiger partial charge in [-0.15, -0.1) is 0 Å². The summed E-state index contributed by atoms with van der Waals surface area (Å²) in [5.74, 6) is -0.0859. The minimum absolute atomic E-state index is 0.0516. The number of nitrogens with zero attached hydrogens (tertiary/aromatic N) is 3. The number of likely N-dealkylation sites (tertiary alicyclic amines) is 2. The molecule has 2 amide bonds. The second-order valence-electron chi connectivity index (χ2n) is 14.6. The van der Waals surface area contributed by atoms with E-state index in [0.29, 0.717) is 24.4 Å². The quantitative estimate of drug-likeness (QED) is 0.188. The van der Waals surface area contributed by atoms with E-state index in [-0.39, 0.29) is 28.3 Å². The number of anilines is 1. The number of hydrogen-bond acceptors (Lipinski definition) is 7. The molecular weight excluding hydrogens is 673 g/mol. The van der Waals surface area contributed by atoms with Crippen molar-refractivity contribution in [1.82, 2.24) is 14.4 Å². The summed E-state index contributed by atoms with van der Waals surface area (Å²) in [5.41, 5.74) is 9.82. The van der Waals surface area contributed by atoms with E-state index in [1.807, 2.05) is 36.6 Å². The van der Waals surface area contributed by atoms with Crippen molar-refractivity contribution in [3.05, 3.63) is 81.4 Å². The van der Waals surface area contributed by atoms with Crippen LogP contribution in [0.25, 0.3) is 27.7 Å². The van der Waals surface area contributed by atoms with Crippen molar-refractivity contribution in [2.75, 3.05) is 39.0 Å². The van der Waals surface area contributed by atoms with Gasteiger partial charge in [0.15, 0.2) is 17.3 Å². The van der Waals surface area contributed by atoms with Gasteiger partial charge >= 0.3 is 6.09 Å². The van der Waals surface area contributed by atoms with E-state index in [1.165, 1.54) is 37.4 Å². The largest absolute Gasteiger partial charge is 0.451 e. The zero-order chi connectivity index (χ0) is 38.6. The summed E-state index contributed by atoms with van der Waals surface area (Å²) in [5, 5.41) is 3.01. The highest BCUT2D eigenvalue weighted by atomic mass is 19.1. The number of carbonyl (C=O) groups is 2. The topological polar surface area (TPSA) is 119 Å². The fraction of sp³-hybridized carbons (Fsp3) is 0.452. The third-order valence-electron chi connectivity index (χ3n) is 9.96. The molecule has 4 aromatic rings. The first kappa shape index (κ1) is 39.3. The van der Waals surface area contributed by atoms with Gasteiger partial charge in [0.2, 0.25) is 5.43 Å². The van der Waals surface area contributed by atoms with Crippen LogP contribution in [0, 0.1) is 5.82 Å². The monoisotopic (exact) mass is 727 g/mol. The fourth-order valence-corrected chi connectivity index (χ4v) is 7.52. The molecule has 1 aliphatic carbocycles. The molecule has 0 saturated carbocycles. The van der Waals surface area contributed by atoms with Gasteiger partial charge in [-0.05, 0) is 113 Å². The van der Waals surface area contributed by atoms with Crippen molar-refractivity contribution in [3.63, 3.8) is 0 Å². The summed E-state index contributed by atoms with van der Waals surface area (Å²) in [6.45, 7) is 14.1. The molecule has 11 heteroatoms. The van der Waals surface area contributed by atoms with E-state index in [4.69, 9.17) is 10.5 Å². The van der Waals surface area contributed by atoms with E-state index in [1.54, 1.807) is 38.9 Å². The lowest BCUT2D eigenvalue weighted by Gasteiger charge is -2.27. The Bertz CT molecular complexity index is 2050. The highest BCUT2D eigenvalue weighted by Gasteiger charge is 2.32. The van der Waals surface area contributed by atoms with Crippen LogP contribution in [-0.2, 0) is 11.2 Å². The van der Waals surface area contributed by atoms with Crippen LogP contribution in [0.4, 0.5) is 14.9 Å². The molecule has 53 heavy (non-hydrogen) atoms. The van der Waals surface area contributed by atoms with Crippen molar-refractivity contribution in [2.45, 2.75) is 91.7 Å². The Balaban J connectivity index is 0.000000250. The molecule has 284 valence electrons. The number of rotatable bonds is 3. The van der Waals surface area contributed by atoms with Crippen molar-refractivity contribution in [1.29, 1.82) is 0 Å². The molecule has 1 unspecified atom stereocenters. The molecule has 3 aliphatic heterocycles. The molecule has 4 aliphatic rings. The number of halogens is 1. The van der Waals surface area contributed by atoms with Gasteiger partial charge in [0.1, 0.15) is 22.4 Å². The van der Waals surface area contributed by atoms with Crippen molar-refractivity contribution in [2.24, 2.45) is 5.73 Å². The number of nitrogens with two attached hydrogens (primary N) is 1. The molecule has 3 aromatic carbocycles. The van der Waals surface area contributed by atoms with Gasteiger partial charge in [0.25, 0.3) is 5.91 Å². The number of primary amides is 1. The van der Waals surface area contributed by atoms with Crippen LogP contribution in [0.2, 0.25) is 0 Å². The summed E-state index contributed by atoms with van der Waals surface area (Å²) in [7, 11) is 3.84. The second kappa shape index (κ2) is 16.4. The van der Waals surface area contributed by atoms with E-state index in [2.05, 4.69) is 47.1 Å². The number of hydrogen-bond donors (Lipinski definition) is 2. The van der Waals surface area contributed by atoms with Gasteiger partial charge in [-0.25, -0.2) is 9.18 Å². The molecule has 1 atom stereocenters. The number of amides is 2. The smallest absolute Gasteiger partial charge is 0.405 e. The van der Waals surface area contributed by atoms with Crippen LogP contribution in [0.1, 0.15) is 95.1 Å². The molecule has 4 heterocycles. The number of nitrogens with one attached hydrogen (secondary N) is 1. The van der Waals surface area contributed by atoms with Gasteiger partial charge in [-0.1, -0.05) is 45.0 Å². The molecule has 2 saturated heterocycles. The molecular formula is C42H54FN5O5. The molecule has 0 spiro atoms. The Morgan fingerprint density at radius 1 is 1.02 bits per heavy atom. The summed E-state index contributed by atoms with van der Waals surface area (Å²) in [6.07, 6.45) is 7.67. The number of aromatic nitrogens is 1. The average Bonchev–Trinajstić information content (AvgIpc) is 3.89. The zero-order valence-corrected chi connectivity index (χ0v) is 32.4. The molecule has 0 radical (unpaired) electrons. The molecule has 8 rings (SSSR count). The van der Waals surface area contributed by atoms with Gasteiger partial charge in [-0.3, -0.25) is 9.59 Å². The minimum Gasteiger partial charge on any atom is -0.451 e. The third kappa shape index (κ3) is 8.20. The maximum absolute atomic E-state index is 15.1. The van der Waals surface area contributed by atoms with E-state index in [0.717, 1.165) is 47.7 Å². The lowest BCUT2D eigenvalue weighted by molar-refractivity contribution is 0.0599. The van der Waals surface area contributed by atoms with Crippen LogP contribution < -0.4 is 21.2 Å². The summed E-state index contributed by atoms with van der Waals surface area (Å²) >= 11 is 0. The number of pyridine rings is 1. The van der Waals surface area contributed by atoms with Crippen LogP contribution >= 0.6 is 0 Å². The lowest BCUT2D eigenvalue weighted by Crippen LogP contribution is -2.33. The van der Waals surface area contributed by atoms with E-state index < -0.39 is 22.9 Å². The van der Waals surface area contributed by atoms with Gasteiger partial charge in [-0.2, -0.15) is 0 Å². The number of fused-ring (bicyclic) bond motifs is 5. The summed E-state index contributed by atoms with van der Waals surface area (Å²) < 4.78 is 27.8. The molecule has 3 N–H and O–H groups in total.